The van der Waals surface area contributed by atoms with Crippen molar-refractivity contribution in [2.75, 3.05) is 39.4 Å². The van der Waals surface area contributed by atoms with Crippen molar-refractivity contribution in [2.24, 2.45) is 5.41 Å². The monoisotopic (exact) mass is 376 g/mol. The number of benzene rings is 1. The van der Waals surface area contributed by atoms with Gasteiger partial charge in [0.2, 0.25) is 17.6 Å². The van der Waals surface area contributed by atoms with Crippen LogP contribution in [0.5, 0.6) is 0 Å². The highest BCUT2D eigenvalue weighted by molar-refractivity contribution is 6.30. The molecule has 2 fully saturated rings. The third kappa shape index (κ3) is 3.47. The number of piperazine rings is 1. The molecule has 0 spiro atoms. The van der Waals surface area contributed by atoms with Gasteiger partial charge < -0.3 is 14.2 Å². The van der Waals surface area contributed by atoms with Gasteiger partial charge in [-0.05, 0) is 31.2 Å². The number of carbonyl (C=O) groups excluding carboxylic acids is 1. The summed E-state index contributed by atoms with van der Waals surface area (Å²) in [6.07, 6.45) is 0. The van der Waals surface area contributed by atoms with Crippen molar-refractivity contribution >= 4 is 17.5 Å². The minimum Gasteiger partial charge on any atom is -0.379 e. The SMILES string of the molecule is CC1(C(=O)N2CCN(Cc3nc(-c4ccc(Cl)cc4)no3)CC2)COC1. The molecule has 26 heavy (non-hydrogen) atoms. The summed E-state index contributed by atoms with van der Waals surface area (Å²) in [5.74, 6) is 1.34. The highest BCUT2D eigenvalue weighted by Gasteiger charge is 2.44. The summed E-state index contributed by atoms with van der Waals surface area (Å²) in [6.45, 7) is 6.63. The lowest BCUT2D eigenvalue weighted by molar-refractivity contribution is -0.170. The van der Waals surface area contributed by atoms with Crippen molar-refractivity contribution < 1.29 is 14.1 Å². The van der Waals surface area contributed by atoms with E-state index in [0.29, 0.717) is 49.6 Å². The number of halogens is 1. The summed E-state index contributed by atoms with van der Waals surface area (Å²) in [5, 5.41) is 4.71. The molecule has 1 aromatic carbocycles. The zero-order valence-corrected chi connectivity index (χ0v) is 15.4. The third-order valence-corrected chi connectivity index (χ3v) is 5.20. The molecule has 0 atom stereocenters. The van der Waals surface area contributed by atoms with Crippen LogP contribution in [0.15, 0.2) is 28.8 Å². The number of amides is 1. The Morgan fingerprint density at radius 3 is 2.50 bits per heavy atom. The van der Waals surface area contributed by atoms with Gasteiger partial charge in [0.15, 0.2) is 0 Å². The first kappa shape index (κ1) is 17.5. The van der Waals surface area contributed by atoms with E-state index in [1.165, 1.54) is 0 Å². The largest absolute Gasteiger partial charge is 0.379 e. The van der Waals surface area contributed by atoms with Gasteiger partial charge in [-0.1, -0.05) is 16.8 Å². The molecule has 0 saturated carbocycles. The molecule has 1 amide bonds. The topological polar surface area (TPSA) is 71.7 Å². The maximum Gasteiger partial charge on any atom is 0.241 e. The van der Waals surface area contributed by atoms with Crippen molar-refractivity contribution in [3.8, 4) is 11.4 Å². The van der Waals surface area contributed by atoms with Crippen LogP contribution < -0.4 is 0 Å². The lowest BCUT2D eigenvalue weighted by Gasteiger charge is -2.43. The molecule has 3 heterocycles. The van der Waals surface area contributed by atoms with E-state index in [2.05, 4.69) is 15.0 Å². The predicted octanol–water partition coefficient (Wildman–Crippen LogP) is 2.07. The van der Waals surface area contributed by atoms with E-state index in [0.717, 1.165) is 18.7 Å². The molecule has 4 rings (SSSR count). The van der Waals surface area contributed by atoms with Crippen LogP contribution in [-0.2, 0) is 16.1 Å². The van der Waals surface area contributed by atoms with Gasteiger partial charge in [-0.15, -0.1) is 0 Å². The van der Waals surface area contributed by atoms with Gasteiger partial charge in [0.1, 0.15) is 0 Å². The van der Waals surface area contributed by atoms with Gasteiger partial charge in [-0.2, -0.15) is 4.98 Å². The van der Waals surface area contributed by atoms with Gasteiger partial charge >= 0.3 is 0 Å². The molecule has 2 aromatic rings. The smallest absolute Gasteiger partial charge is 0.241 e. The Morgan fingerprint density at radius 2 is 1.88 bits per heavy atom. The van der Waals surface area contributed by atoms with E-state index in [-0.39, 0.29) is 11.3 Å². The quantitative estimate of drug-likeness (QED) is 0.813. The lowest BCUT2D eigenvalue weighted by atomic mass is 9.86. The first-order valence-corrected chi connectivity index (χ1v) is 9.09. The Hall–Kier alpha value is -1.96. The van der Waals surface area contributed by atoms with Gasteiger partial charge in [0.05, 0.1) is 25.2 Å². The fourth-order valence-corrected chi connectivity index (χ4v) is 3.38. The van der Waals surface area contributed by atoms with Crippen molar-refractivity contribution in [3.63, 3.8) is 0 Å². The van der Waals surface area contributed by atoms with Gasteiger partial charge in [0, 0.05) is 36.8 Å². The lowest BCUT2D eigenvalue weighted by Crippen LogP contribution is -2.57. The number of hydrogen-bond acceptors (Lipinski definition) is 6. The first-order valence-electron chi connectivity index (χ1n) is 8.71. The second-order valence-corrected chi connectivity index (χ2v) is 7.58. The number of carbonyl (C=O) groups is 1. The van der Waals surface area contributed by atoms with Crippen LogP contribution in [0.3, 0.4) is 0 Å². The Balaban J connectivity index is 1.32. The van der Waals surface area contributed by atoms with Gasteiger partial charge in [-0.25, -0.2) is 0 Å². The second kappa shape index (κ2) is 6.98. The predicted molar refractivity (Wildman–Crippen MR) is 95.5 cm³/mol. The molecule has 0 N–H and O–H groups in total. The zero-order valence-electron chi connectivity index (χ0n) is 14.7. The molecule has 138 valence electrons. The fourth-order valence-electron chi connectivity index (χ4n) is 3.25. The fraction of sp³-hybridized carbons (Fsp3) is 0.500. The molecule has 0 radical (unpaired) electrons. The number of rotatable bonds is 4. The van der Waals surface area contributed by atoms with Crippen molar-refractivity contribution in [1.82, 2.24) is 19.9 Å². The van der Waals surface area contributed by atoms with E-state index in [1.54, 1.807) is 12.1 Å². The molecule has 2 aliphatic rings. The number of ether oxygens (including phenoxy) is 1. The maximum absolute atomic E-state index is 12.5. The third-order valence-electron chi connectivity index (χ3n) is 4.95. The highest BCUT2D eigenvalue weighted by Crippen LogP contribution is 2.29. The maximum atomic E-state index is 12.5. The molecule has 2 saturated heterocycles. The van der Waals surface area contributed by atoms with Crippen molar-refractivity contribution in [3.05, 3.63) is 35.2 Å². The normalized spacial score (nSPS) is 20.0. The van der Waals surface area contributed by atoms with E-state index < -0.39 is 0 Å². The molecular weight excluding hydrogens is 356 g/mol. The number of nitrogens with zero attached hydrogens (tertiary/aromatic N) is 4. The summed E-state index contributed by atoms with van der Waals surface area (Å²) >= 11 is 5.90. The summed E-state index contributed by atoms with van der Waals surface area (Å²) in [4.78, 5) is 21.2. The standard InChI is InChI=1S/C18H21ClN4O3/c1-18(11-25-12-18)17(24)23-8-6-22(7-9-23)10-15-20-16(21-26-15)13-2-4-14(19)5-3-13/h2-5H,6-12H2,1H3. The van der Waals surface area contributed by atoms with Crippen LogP contribution in [0, 0.1) is 5.41 Å². The molecular formula is C18H21ClN4O3. The van der Waals surface area contributed by atoms with E-state index in [9.17, 15) is 4.79 Å². The first-order chi connectivity index (χ1) is 12.5. The van der Waals surface area contributed by atoms with Crippen molar-refractivity contribution in [2.45, 2.75) is 13.5 Å². The summed E-state index contributed by atoms with van der Waals surface area (Å²) in [6, 6.07) is 7.34. The number of aromatic nitrogens is 2. The Morgan fingerprint density at radius 1 is 1.19 bits per heavy atom. The average Bonchev–Trinajstić information content (AvgIpc) is 3.09. The van der Waals surface area contributed by atoms with Crippen LogP contribution in [0.25, 0.3) is 11.4 Å². The summed E-state index contributed by atoms with van der Waals surface area (Å²) in [5.41, 5.74) is 0.540. The van der Waals surface area contributed by atoms with E-state index in [1.807, 2.05) is 24.0 Å². The van der Waals surface area contributed by atoms with Crippen LogP contribution >= 0.6 is 11.6 Å². The zero-order chi connectivity index (χ0) is 18.1. The highest BCUT2D eigenvalue weighted by atomic mass is 35.5. The number of hydrogen-bond donors (Lipinski definition) is 0. The van der Waals surface area contributed by atoms with Crippen LogP contribution in [-0.4, -0.2) is 65.2 Å². The second-order valence-electron chi connectivity index (χ2n) is 7.14. The molecule has 8 heteroatoms. The van der Waals surface area contributed by atoms with Crippen LogP contribution in [0.1, 0.15) is 12.8 Å². The molecule has 1 aromatic heterocycles. The molecule has 0 aliphatic carbocycles. The summed E-state index contributed by atoms with van der Waals surface area (Å²) in [7, 11) is 0. The van der Waals surface area contributed by atoms with Gasteiger partial charge in [-0.3, -0.25) is 9.69 Å². The summed E-state index contributed by atoms with van der Waals surface area (Å²) < 4.78 is 10.6. The minimum atomic E-state index is -0.331. The molecule has 7 nitrogen and oxygen atoms in total. The molecule has 0 unspecified atom stereocenters. The van der Waals surface area contributed by atoms with Crippen molar-refractivity contribution in [1.29, 1.82) is 0 Å². The Labute approximate surface area is 156 Å². The average molecular weight is 377 g/mol. The van der Waals surface area contributed by atoms with Crippen LogP contribution in [0.2, 0.25) is 5.02 Å². The van der Waals surface area contributed by atoms with E-state index >= 15 is 0 Å². The van der Waals surface area contributed by atoms with E-state index in [4.69, 9.17) is 20.9 Å². The Bertz CT molecular complexity index is 780. The van der Waals surface area contributed by atoms with Crippen LogP contribution in [0.4, 0.5) is 0 Å². The Kier molecular flexibility index (Phi) is 4.69. The molecule has 0 bridgehead atoms. The van der Waals surface area contributed by atoms with Gasteiger partial charge in [0.25, 0.3) is 0 Å². The molecule has 2 aliphatic heterocycles. The minimum absolute atomic E-state index is 0.200.